The Morgan fingerprint density at radius 3 is 2.54 bits per heavy atom. The van der Waals surface area contributed by atoms with Gasteiger partial charge in [-0.15, -0.1) is 0 Å². The first-order valence-corrected chi connectivity index (χ1v) is 8.13. The van der Waals surface area contributed by atoms with Crippen molar-refractivity contribution < 1.29 is 22.8 Å². The standard InChI is InChI=1S/C16H16ClF3N2O2/c17-12-6-5-10(8-11(12)16(18,19)20)21-14(23)13-2-1-7-22(13)15(24)9-3-4-9/h5-6,8-9,13H,1-4,7H2,(H,21,23)/t13-/m1/s1. The Morgan fingerprint density at radius 1 is 1.21 bits per heavy atom. The van der Waals surface area contributed by atoms with Gasteiger partial charge in [-0.05, 0) is 43.9 Å². The number of likely N-dealkylation sites (tertiary alicyclic amines) is 1. The Balaban J connectivity index is 1.73. The minimum absolute atomic E-state index is 0.00534. The third-order valence-electron chi connectivity index (χ3n) is 4.30. The fourth-order valence-corrected chi connectivity index (χ4v) is 3.14. The first-order valence-electron chi connectivity index (χ1n) is 7.75. The van der Waals surface area contributed by atoms with Gasteiger partial charge in [0.15, 0.2) is 0 Å². The van der Waals surface area contributed by atoms with Gasteiger partial charge in [-0.1, -0.05) is 11.6 Å². The lowest BCUT2D eigenvalue weighted by Gasteiger charge is -2.24. The minimum Gasteiger partial charge on any atom is -0.330 e. The summed E-state index contributed by atoms with van der Waals surface area (Å²) in [6.07, 6.45) is -1.68. The molecule has 0 spiro atoms. The molecule has 1 aliphatic heterocycles. The Hall–Kier alpha value is -1.76. The van der Waals surface area contributed by atoms with Gasteiger partial charge in [0.2, 0.25) is 11.8 Å². The lowest BCUT2D eigenvalue weighted by Crippen LogP contribution is -2.43. The van der Waals surface area contributed by atoms with E-state index in [9.17, 15) is 22.8 Å². The largest absolute Gasteiger partial charge is 0.417 e. The highest BCUT2D eigenvalue weighted by molar-refractivity contribution is 6.31. The number of nitrogens with one attached hydrogen (secondary N) is 1. The molecule has 1 aromatic rings. The molecule has 2 amide bonds. The van der Waals surface area contributed by atoms with Crippen LogP contribution in [0.1, 0.15) is 31.2 Å². The highest BCUT2D eigenvalue weighted by Gasteiger charge is 2.41. The van der Waals surface area contributed by atoms with E-state index in [0.29, 0.717) is 19.4 Å². The topological polar surface area (TPSA) is 49.4 Å². The molecular formula is C16H16ClF3N2O2. The lowest BCUT2D eigenvalue weighted by atomic mass is 10.1. The second-order valence-corrected chi connectivity index (χ2v) is 6.55. The number of rotatable bonds is 3. The molecular weight excluding hydrogens is 345 g/mol. The van der Waals surface area contributed by atoms with E-state index in [1.165, 1.54) is 6.07 Å². The number of benzene rings is 1. The van der Waals surface area contributed by atoms with E-state index in [0.717, 1.165) is 25.0 Å². The number of carbonyl (C=O) groups is 2. The van der Waals surface area contributed by atoms with Crippen LogP contribution in [0.3, 0.4) is 0 Å². The van der Waals surface area contributed by atoms with Gasteiger partial charge in [0.1, 0.15) is 6.04 Å². The van der Waals surface area contributed by atoms with Crippen LogP contribution in [0.2, 0.25) is 5.02 Å². The first kappa shape index (κ1) is 17.1. The van der Waals surface area contributed by atoms with Gasteiger partial charge >= 0.3 is 6.18 Å². The van der Waals surface area contributed by atoms with E-state index in [4.69, 9.17) is 11.6 Å². The molecule has 2 aliphatic rings. The van der Waals surface area contributed by atoms with E-state index in [2.05, 4.69) is 5.32 Å². The van der Waals surface area contributed by atoms with E-state index in [-0.39, 0.29) is 17.5 Å². The van der Waals surface area contributed by atoms with E-state index in [1.807, 2.05) is 0 Å². The quantitative estimate of drug-likeness (QED) is 0.893. The third-order valence-corrected chi connectivity index (χ3v) is 4.63. The molecule has 1 N–H and O–H groups in total. The molecule has 0 radical (unpaired) electrons. The fraction of sp³-hybridized carbons (Fsp3) is 0.500. The summed E-state index contributed by atoms with van der Waals surface area (Å²) >= 11 is 5.57. The lowest BCUT2D eigenvalue weighted by molar-refractivity contribution is -0.137. The summed E-state index contributed by atoms with van der Waals surface area (Å²) in [6.45, 7) is 0.516. The van der Waals surface area contributed by atoms with Crippen LogP contribution < -0.4 is 5.32 Å². The summed E-state index contributed by atoms with van der Waals surface area (Å²) in [5.74, 6) is -0.484. The van der Waals surface area contributed by atoms with Crippen molar-refractivity contribution in [2.45, 2.75) is 37.9 Å². The first-order chi connectivity index (χ1) is 11.3. The molecule has 1 saturated heterocycles. The van der Waals surface area contributed by atoms with Crippen molar-refractivity contribution in [2.75, 3.05) is 11.9 Å². The number of carbonyl (C=O) groups excluding carboxylic acids is 2. The Kier molecular flexibility index (Phi) is 4.46. The highest BCUT2D eigenvalue weighted by Crippen LogP contribution is 2.37. The monoisotopic (exact) mass is 360 g/mol. The number of nitrogens with zero attached hydrogens (tertiary/aromatic N) is 1. The van der Waals surface area contributed by atoms with Crippen LogP contribution in [0.25, 0.3) is 0 Å². The molecule has 4 nitrogen and oxygen atoms in total. The summed E-state index contributed by atoms with van der Waals surface area (Å²) in [4.78, 5) is 26.1. The number of anilines is 1. The maximum Gasteiger partial charge on any atom is 0.417 e. The molecule has 1 aliphatic carbocycles. The van der Waals surface area contributed by atoms with Crippen molar-refractivity contribution in [1.82, 2.24) is 4.90 Å². The molecule has 24 heavy (non-hydrogen) atoms. The third kappa shape index (κ3) is 3.50. The molecule has 130 valence electrons. The average Bonchev–Trinajstić information content (AvgIpc) is 3.23. The molecule has 1 aromatic carbocycles. The normalized spacial score (nSPS) is 21.0. The maximum absolute atomic E-state index is 12.9. The number of alkyl halides is 3. The molecule has 1 heterocycles. The van der Waals surface area contributed by atoms with Gasteiger partial charge in [0.25, 0.3) is 0 Å². The summed E-state index contributed by atoms with van der Waals surface area (Å²) in [6, 6.07) is 2.60. The number of amides is 2. The van der Waals surface area contributed by atoms with Crippen LogP contribution >= 0.6 is 11.6 Å². The zero-order chi connectivity index (χ0) is 17.5. The SMILES string of the molecule is O=C(Nc1ccc(Cl)c(C(F)(F)F)c1)[C@H]1CCCN1C(=O)C1CC1. The summed E-state index contributed by atoms with van der Waals surface area (Å²) < 4.78 is 38.6. The predicted molar refractivity (Wildman–Crippen MR) is 82.5 cm³/mol. The number of halogens is 4. The van der Waals surface area contributed by atoms with Crippen LogP contribution in [0.4, 0.5) is 18.9 Å². The number of hydrogen-bond acceptors (Lipinski definition) is 2. The molecule has 2 fully saturated rings. The van der Waals surface area contributed by atoms with E-state index in [1.54, 1.807) is 4.90 Å². The van der Waals surface area contributed by atoms with Gasteiger partial charge < -0.3 is 10.2 Å². The number of hydrogen-bond donors (Lipinski definition) is 1. The van der Waals surface area contributed by atoms with Crippen molar-refractivity contribution in [3.05, 3.63) is 28.8 Å². The highest BCUT2D eigenvalue weighted by atomic mass is 35.5. The molecule has 0 bridgehead atoms. The second-order valence-electron chi connectivity index (χ2n) is 6.15. The van der Waals surface area contributed by atoms with Crippen LogP contribution in [0, 0.1) is 5.92 Å². The smallest absolute Gasteiger partial charge is 0.330 e. The van der Waals surface area contributed by atoms with Gasteiger partial charge in [0.05, 0.1) is 10.6 Å². The molecule has 1 atom stereocenters. The maximum atomic E-state index is 12.9. The Morgan fingerprint density at radius 2 is 1.92 bits per heavy atom. The van der Waals surface area contributed by atoms with Gasteiger partial charge in [-0.25, -0.2) is 0 Å². The Bertz CT molecular complexity index is 674. The molecule has 1 saturated carbocycles. The summed E-state index contributed by atoms with van der Waals surface area (Å²) in [5.41, 5.74) is -0.984. The van der Waals surface area contributed by atoms with Crippen molar-refractivity contribution >= 4 is 29.1 Å². The van der Waals surface area contributed by atoms with Gasteiger partial charge in [-0.2, -0.15) is 13.2 Å². The van der Waals surface area contributed by atoms with Crippen LogP contribution in [-0.2, 0) is 15.8 Å². The van der Waals surface area contributed by atoms with E-state index >= 15 is 0 Å². The zero-order valence-corrected chi connectivity index (χ0v) is 13.5. The van der Waals surface area contributed by atoms with Gasteiger partial charge in [-0.3, -0.25) is 9.59 Å². The second kappa shape index (κ2) is 6.27. The van der Waals surface area contributed by atoms with Gasteiger partial charge in [0, 0.05) is 18.2 Å². The molecule has 3 rings (SSSR count). The van der Waals surface area contributed by atoms with Crippen molar-refractivity contribution in [1.29, 1.82) is 0 Å². The predicted octanol–water partition coefficient (Wildman–Crippen LogP) is 3.70. The summed E-state index contributed by atoms with van der Waals surface area (Å²) in [5, 5.41) is 2.05. The molecule has 0 aromatic heterocycles. The zero-order valence-electron chi connectivity index (χ0n) is 12.7. The van der Waals surface area contributed by atoms with Crippen molar-refractivity contribution in [3.63, 3.8) is 0 Å². The Labute approximate surface area is 142 Å². The fourth-order valence-electron chi connectivity index (χ4n) is 2.91. The average molecular weight is 361 g/mol. The van der Waals surface area contributed by atoms with Crippen LogP contribution in [0.5, 0.6) is 0 Å². The van der Waals surface area contributed by atoms with Crippen LogP contribution in [0.15, 0.2) is 18.2 Å². The molecule has 8 heteroatoms. The summed E-state index contributed by atoms with van der Waals surface area (Å²) in [7, 11) is 0. The van der Waals surface area contributed by atoms with Crippen LogP contribution in [-0.4, -0.2) is 29.3 Å². The molecule has 0 unspecified atom stereocenters. The van der Waals surface area contributed by atoms with Crippen molar-refractivity contribution in [2.24, 2.45) is 5.92 Å². The van der Waals surface area contributed by atoms with Crippen molar-refractivity contribution in [3.8, 4) is 0 Å². The van der Waals surface area contributed by atoms with E-state index < -0.39 is 28.7 Å². The minimum atomic E-state index is -4.60.